The van der Waals surface area contributed by atoms with Gasteiger partial charge >= 0.3 is 0 Å². The molecule has 13 heavy (non-hydrogen) atoms. The lowest BCUT2D eigenvalue weighted by Crippen LogP contribution is -1.67. The van der Waals surface area contributed by atoms with E-state index < -0.39 is 0 Å². The number of benzene rings is 1. The molecular formula is C11H6NS. The molecule has 3 rings (SSSR count). The van der Waals surface area contributed by atoms with E-state index in [1.807, 2.05) is 12.3 Å². The fourth-order valence-corrected chi connectivity index (χ4v) is 2.58. The fraction of sp³-hybridized carbons (Fsp3) is 0. The van der Waals surface area contributed by atoms with Gasteiger partial charge in [-0.25, -0.2) is 0 Å². The molecule has 3 aromatic rings. The fourth-order valence-electron chi connectivity index (χ4n) is 1.53. The third-order valence-corrected chi connectivity index (χ3v) is 3.25. The van der Waals surface area contributed by atoms with Crippen LogP contribution >= 0.6 is 11.3 Å². The van der Waals surface area contributed by atoms with Crippen LogP contribution in [-0.2, 0) is 0 Å². The summed E-state index contributed by atoms with van der Waals surface area (Å²) >= 11 is 1.78. The molecule has 0 saturated heterocycles. The van der Waals surface area contributed by atoms with Crippen molar-refractivity contribution in [3.05, 3.63) is 42.7 Å². The Hall–Kier alpha value is -1.41. The van der Waals surface area contributed by atoms with E-state index in [-0.39, 0.29) is 0 Å². The quantitative estimate of drug-likeness (QED) is 0.522. The highest BCUT2D eigenvalue weighted by Crippen LogP contribution is 2.32. The van der Waals surface area contributed by atoms with E-state index in [1.54, 1.807) is 11.3 Å². The van der Waals surface area contributed by atoms with Gasteiger partial charge in [-0.2, -0.15) is 0 Å². The Morgan fingerprint density at radius 3 is 3.00 bits per heavy atom. The number of fused-ring (bicyclic) bond motifs is 3. The zero-order valence-electron chi connectivity index (χ0n) is 6.82. The van der Waals surface area contributed by atoms with Gasteiger partial charge in [0.25, 0.3) is 0 Å². The summed E-state index contributed by atoms with van der Waals surface area (Å²) in [6.45, 7) is 0. The van der Waals surface area contributed by atoms with E-state index in [1.165, 1.54) is 20.2 Å². The van der Waals surface area contributed by atoms with Gasteiger partial charge in [0.2, 0.25) is 0 Å². The van der Waals surface area contributed by atoms with Gasteiger partial charge in [-0.05, 0) is 12.1 Å². The largest absolute Gasteiger partial charge is 0.253 e. The molecule has 2 heterocycles. The number of thiophene rings is 1. The second kappa shape index (κ2) is 2.54. The number of pyridine rings is 1. The van der Waals surface area contributed by atoms with Crippen LogP contribution in [0.1, 0.15) is 0 Å². The number of rotatable bonds is 0. The summed E-state index contributed by atoms with van der Waals surface area (Å²) in [7, 11) is 0. The molecule has 1 nitrogen and oxygen atoms in total. The van der Waals surface area contributed by atoms with Gasteiger partial charge in [0.05, 0.1) is 10.9 Å². The van der Waals surface area contributed by atoms with Crippen LogP contribution < -0.4 is 0 Å². The third kappa shape index (κ3) is 0.956. The van der Waals surface area contributed by atoms with Crippen molar-refractivity contribution < 1.29 is 0 Å². The van der Waals surface area contributed by atoms with Crippen LogP contribution in [0, 0.1) is 6.20 Å². The SMILES string of the molecule is [c]1cc2c(cn1)sc1ccccc12. The van der Waals surface area contributed by atoms with Crippen LogP contribution in [0.2, 0.25) is 0 Å². The molecule has 0 unspecified atom stereocenters. The summed E-state index contributed by atoms with van der Waals surface area (Å²) in [5.74, 6) is 0. The van der Waals surface area contributed by atoms with Crippen molar-refractivity contribution in [3.8, 4) is 0 Å². The topological polar surface area (TPSA) is 12.9 Å². The van der Waals surface area contributed by atoms with Gasteiger partial charge < -0.3 is 0 Å². The standard InChI is InChI=1S/C11H6NS/c1-2-4-10-8(3-1)9-5-6-12-7-11(9)13-10/h1-5,7H. The van der Waals surface area contributed by atoms with Crippen LogP contribution in [0.25, 0.3) is 20.2 Å². The molecule has 0 fully saturated rings. The van der Waals surface area contributed by atoms with E-state index in [2.05, 4.69) is 35.4 Å². The van der Waals surface area contributed by atoms with Crippen LogP contribution in [0.15, 0.2) is 36.5 Å². The first kappa shape index (κ1) is 7.04. The van der Waals surface area contributed by atoms with Gasteiger partial charge in [-0.15, -0.1) is 11.3 Å². The first-order valence-corrected chi connectivity index (χ1v) is 4.90. The average Bonchev–Trinajstić information content (AvgIpc) is 2.56. The summed E-state index contributed by atoms with van der Waals surface area (Å²) in [5, 5.41) is 2.57. The first-order chi connectivity index (χ1) is 6.45. The number of hydrogen-bond acceptors (Lipinski definition) is 2. The van der Waals surface area contributed by atoms with Crippen molar-refractivity contribution in [1.29, 1.82) is 0 Å². The molecule has 2 aromatic heterocycles. The Bertz CT molecular complexity index is 518. The van der Waals surface area contributed by atoms with Crippen LogP contribution in [0.4, 0.5) is 0 Å². The molecular weight excluding hydrogens is 178 g/mol. The minimum atomic E-state index is 1.24. The number of hydrogen-bond donors (Lipinski definition) is 0. The van der Waals surface area contributed by atoms with Crippen molar-refractivity contribution in [2.24, 2.45) is 0 Å². The molecule has 0 aliphatic carbocycles. The predicted molar refractivity (Wildman–Crippen MR) is 56.0 cm³/mol. The van der Waals surface area contributed by atoms with Crippen molar-refractivity contribution in [2.45, 2.75) is 0 Å². The molecule has 0 N–H and O–H groups in total. The molecule has 2 heteroatoms. The van der Waals surface area contributed by atoms with Crippen LogP contribution in [0.3, 0.4) is 0 Å². The average molecular weight is 184 g/mol. The molecule has 1 aromatic carbocycles. The van der Waals surface area contributed by atoms with Crippen molar-refractivity contribution in [3.63, 3.8) is 0 Å². The second-order valence-corrected chi connectivity index (χ2v) is 3.99. The Kier molecular flexibility index (Phi) is 1.37. The monoisotopic (exact) mass is 184 g/mol. The maximum atomic E-state index is 3.99. The van der Waals surface area contributed by atoms with Crippen molar-refractivity contribution in [1.82, 2.24) is 4.98 Å². The van der Waals surface area contributed by atoms with Crippen LogP contribution in [0.5, 0.6) is 0 Å². The molecule has 0 amide bonds. The Morgan fingerprint density at radius 1 is 1.08 bits per heavy atom. The maximum Gasteiger partial charge on any atom is 0.0893 e. The minimum absolute atomic E-state index is 1.24. The van der Waals surface area contributed by atoms with Gasteiger partial charge in [-0.3, -0.25) is 4.98 Å². The van der Waals surface area contributed by atoms with E-state index in [9.17, 15) is 0 Å². The number of aromatic nitrogens is 1. The molecule has 61 valence electrons. The van der Waals surface area contributed by atoms with Gasteiger partial charge in [0, 0.05) is 21.7 Å². The van der Waals surface area contributed by atoms with Gasteiger partial charge in [0.1, 0.15) is 0 Å². The van der Waals surface area contributed by atoms with Gasteiger partial charge in [-0.1, -0.05) is 18.2 Å². The normalized spacial score (nSPS) is 11.1. The second-order valence-electron chi connectivity index (χ2n) is 2.91. The molecule has 0 bridgehead atoms. The highest BCUT2D eigenvalue weighted by molar-refractivity contribution is 7.25. The molecule has 0 spiro atoms. The molecule has 0 aliphatic rings. The summed E-state index contributed by atoms with van der Waals surface area (Å²) in [6, 6.07) is 10.4. The maximum absolute atomic E-state index is 3.99. The third-order valence-electron chi connectivity index (χ3n) is 2.13. The first-order valence-electron chi connectivity index (χ1n) is 4.08. The van der Waals surface area contributed by atoms with E-state index >= 15 is 0 Å². The Labute approximate surface area is 79.7 Å². The zero-order chi connectivity index (χ0) is 8.67. The molecule has 1 radical (unpaired) electrons. The van der Waals surface area contributed by atoms with Gasteiger partial charge in [0.15, 0.2) is 0 Å². The smallest absolute Gasteiger partial charge is 0.0893 e. The summed E-state index contributed by atoms with van der Waals surface area (Å²) < 4.78 is 2.55. The summed E-state index contributed by atoms with van der Waals surface area (Å²) in [4.78, 5) is 3.99. The lowest BCUT2D eigenvalue weighted by molar-refractivity contribution is 1.36. The Morgan fingerprint density at radius 2 is 2.00 bits per heavy atom. The van der Waals surface area contributed by atoms with E-state index in [4.69, 9.17) is 0 Å². The summed E-state index contributed by atoms with van der Waals surface area (Å²) in [6.07, 6.45) is 4.75. The van der Waals surface area contributed by atoms with E-state index in [0.29, 0.717) is 0 Å². The van der Waals surface area contributed by atoms with Crippen molar-refractivity contribution in [2.75, 3.05) is 0 Å². The lowest BCUT2D eigenvalue weighted by atomic mass is 10.2. The van der Waals surface area contributed by atoms with Crippen LogP contribution in [-0.4, -0.2) is 4.98 Å². The van der Waals surface area contributed by atoms with Crippen molar-refractivity contribution >= 4 is 31.5 Å². The Balaban J connectivity index is 2.64. The zero-order valence-corrected chi connectivity index (χ0v) is 7.64. The minimum Gasteiger partial charge on any atom is -0.253 e. The lowest BCUT2D eigenvalue weighted by Gasteiger charge is -1.87. The highest BCUT2D eigenvalue weighted by Gasteiger charge is 2.02. The molecule has 0 aliphatic heterocycles. The summed E-state index contributed by atoms with van der Waals surface area (Å²) in [5.41, 5.74) is 0. The number of nitrogens with zero attached hydrogens (tertiary/aromatic N) is 1. The molecule has 0 atom stereocenters. The predicted octanol–water partition coefficient (Wildman–Crippen LogP) is 3.25. The highest BCUT2D eigenvalue weighted by atomic mass is 32.1. The molecule has 0 saturated carbocycles. The van der Waals surface area contributed by atoms with E-state index in [0.717, 1.165) is 0 Å².